The zero-order valence-electron chi connectivity index (χ0n) is 17.5. The van der Waals surface area contributed by atoms with Gasteiger partial charge in [-0.25, -0.2) is 9.50 Å². The number of carbonyl (C=O) groups is 1. The molecule has 33 heavy (non-hydrogen) atoms. The van der Waals surface area contributed by atoms with Crippen LogP contribution >= 0.6 is 22.6 Å². The van der Waals surface area contributed by atoms with Crippen LogP contribution in [0, 0.1) is 0 Å². The van der Waals surface area contributed by atoms with E-state index in [-0.39, 0.29) is 21.7 Å². The average Bonchev–Trinajstić information content (AvgIpc) is 3.61. The van der Waals surface area contributed by atoms with Crippen LogP contribution in [0.25, 0.3) is 17.1 Å². The van der Waals surface area contributed by atoms with E-state index < -0.39 is 6.04 Å². The predicted octanol–water partition coefficient (Wildman–Crippen LogP) is 3.05. The van der Waals surface area contributed by atoms with Crippen LogP contribution in [0.15, 0.2) is 53.5 Å². The zero-order chi connectivity index (χ0) is 22.5. The summed E-state index contributed by atoms with van der Waals surface area (Å²) in [7, 11) is 0. The molecular weight excluding hydrogens is 537 g/mol. The Labute approximate surface area is 201 Å². The summed E-state index contributed by atoms with van der Waals surface area (Å²) < 4.78 is 9.48. The molecule has 0 bridgehead atoms. The number of aromatic amines is 1. The molecule has 1 aliphatic heterocycles. The van der Waals surface area contributed by atoms with Gasteiger partial charge in [-0.3, -0.25) is 9.48 Å². The fourth-order valence-corrected chi connectivity index (χ4v) is 4.38. The van der Waals surface area contributed by atoms with Gasteiger partial charge in [0.2, 0.25) is 0 Å². The van der Waals surface area contributed by atoms with Crippen LogP contribution in [0.3, 0.4) is 0 Å². The smallest absolute Gasteiger partial charge is 0.312 e. The lowest BCUT2D eigenvalue weighted by molar-refractivity contribution is 0.0646. The summed E-state index contributed by atoms with van der Waals surface area (Å²) in [6.07, 6.45) is 6.00. The maximum absolute atomic E-state index is 13.5. The largest absolute Gasteiger partial charge is 0.411 e. The van der Waals surface area contributed by atoms with Crippen LogP contribution in [0.4, 0.5) is 0 Å². The topological polar surface area (TPSA) is 123 Å². The van der Waals surface area contributed by atoms with Crippen LogP contribution in [0.1, 0.15) is 44.8 Å². The minimum Gasteiger partial charge on any atom is -0.411 e. The third-order valence-electron chi connectivity index (χ3n) is 5.65. The highest BCUT2D eigenvalue weighted by Crippen LogP contribution is 2.34. The summed E-state index contributed by atoms with van der Waals surface area (Å²) in [5.41, 5.74) is 3.94. The van der Waals surface area contributed by atoms with Gasteiger partial charge in [-0.05, 0) is 31.2 Å². The van der Waals surface area contributed by atoms with E-state index in [9.17, 15) is 4.79 Å². The lowest BCUT2D eigenvalue weighted by Crippen LogP contribution is -2.41. The molecule has 0 fully saturated rings. The maximum Gasteiger partial charge on any atom is 0.312 e. The first-order valence-corrected chi connectivity index (χ1v) is 11.6. The summed E-state index contributed by atoms with van der Waals surface area (Å²) in [6.45, 7) is 2.48. The molecule has 0 saturated carbocycles. The fourth-order valence-electron chi connectivity index (χ4n) is 4.07. The summed E-state index contributed by atoms with van der Waals surface area (Å²) in [5, 5.41) is 17.2. The molecule has 6 rings (SSSR count). The van der Waals surface area contributed by atoms with Crippen molar-refractivity contribution in [2.24, 2.45) is 0 Å². The Morgan fingerprint density at radius 3 is 2.97 bits per heavy atom. The minimum absolute atomic E-state index is 0.0881. The number of carbonyl (C=O) groups excluding carboxylic acids is 1. The predicted molar refractivity (Wildman–Crippen MR) is 125 cm³/mol. The van der Waals surface area contributed by atoms with E-state index in [0.29, 0.717) is 18.7 Å². The Hall–Kier alpha value is -3.55. The van der Waals surface area contributed by atoms with Crippen LogP contribution in [0.2, 0.25) is 0 Å². The second-order valence-corrected chi connectivity index (χ2v) is 9.53. The van der Waals surface area contributed by atoms with Gasteiger partial charge in [-0.2, -0.15) is 10.2 Å². The van der Waals surface area contributed by atoms with Crippen molar-refractivity contribution in [2.75, 3.05) is 6.54 Å². The number of aromatic nitrogens is 8. The number of nitrogens with one attached hydrogen (secondary N) is 1. The first-order valence-electron chi connectivity index (χ1n) is 10.4. The van der Waals surface area contributed by atoms with Crippen molar-refractivity contribution in [1.82, 2.24) is 44.5 Å². The Balaban J connectivity index is 1.36. The number of fused-ring (bicyclic) bond motifs is 2. The quantitative estimate of drug-likeness (QED) is 0.267. The Morgan fingerprint density at radius 2 is 2.15 bits per heavy atom. The molecule has 12 heteroatoms. The molecule has 0 aliphatic carbocycles. The van der Waals surface area contributed by atoms with Gasteiger partial charge < -0.3 is 14.3 Å². The monoisotopic (exact) mass is 555 g/mol. The number of amides is 1. The van der Waals surface area contributed by atoms with Gasteiger partial charge in [0.05, 0.1) is 23.2 Å². The van der Waals surface area contributed by atoms with E-state index in [1.165, 1.54) is 0 Å². The van der Waals surface area contributed by atoms with E-state index in [1.807, 2.05) is 43.6 Å². The third kappa shape index (κ3) is 3.41. The Bertz CT molecular complexity index is 1430. The van der Waals surface area contributed by atoms with E-state index in [4.69, 9.17) is 9.52 Å². The van der Waals surface area contributed by atoms with Crippen molar-refractivity contribution in [3.8, 4) is 11.6 Å². The number of imidazole rings is 1. The van der Waals surface area contributed by atoms with Crippen molar-refractivity contribution in [1.29, 1.82) is 0 Å². The molecule has 166 valence electrons. The molecule has 0 saturated heterocycles. The summed E-state index contributed by atoms with van der Waals surface area (Å²) >= 11 is 2.26. The van der Waals surface area contributed by atoms with Gasteiger partial charge in [0.1, 0.15) is 15.8 Å². The Kier molecular flexibility index (Phi) is 4.74. The molecular formula is C21H18IN9O2. The number of rotatable bonds is 4. The number of nitrogens with zero attached hydrogens (tertiary/aromatic N) is 8. The van der Waals surface area contributed by atoms with Gasteiger partial charge in [0.15, 0.2) is 0 Å². The summed E-state index contributed by atoms with van der Waals surface area (Å²) in [4.78, 5) is 22.9. The second kappa shape index (κ2) is 7.79. The van der Waals surface area contributed by atoms with Crippen molar-refractivity contribution < 1.29 is 9.21 Å². The lowest BCUT2D eigenvalue weighted by atomic mass is 9.99. The normalized spacial score (nSPS) is 16.8. The van der Waals surface area contributed by atoms with Crippen LogP contribution in [0.5, 0.6) is 0 Å². The average molecular weight is 555 g/mol. The maximum atomic E-state index is 13.5. The van der Waals surface area contributed by atoms with Crippen molar-refractivity contribution in [2.45, 2.75) is 23.4 Å². The third-order valence-corrected chi connectivity index (χ3v) is 6.23. The molecule has 1 unspecified atom stereocenters. The minimum atomic E-state index is -0.471. The molecule has 6 heterocycles. The molecule has 1 N–H and O–H groups in total. The summed E-state index contributed by atoms with van der Waals surface area (Å²) in [6, 6.07) is 9.11. The molecule has 11 nitrogen and oxygen atoms in total. The van der Waals surface area contributed by atoms with Crippen molar-refractivity contribution >= 4 is 34.0 Å². The molecule has 0 radical (unpaired) electrons. The fraction of sp³-hybridized carbons (Fsp3) is 0.238. The molecule has 2 atom stereocenters. The number of hydrogen-bond donors (Lipinski definition) is 1. The van der Waals surface area contributed by atoms with Gasteiger partial charge in [0.25, 0.3) is 5.89 Å². The Morgan fingerprint density at radius 1 is 1.24 bits per heavy atom. The molecule has 1 amide bonds. The summed E-state index contributed by atoms with van der Waals surface area (Å²) in [5.74, 6) is -0.253. The highest BCUT2D eigenvalue weighted by Gasteiger charge is 2.38. The van der Waals surface area contributed by atoms with Gasteiger partial charge >= 0.3 is 11.8 Å². The number of hydrogen-bond acceptors (Lipinski definition) is 7. The molecule has 1 aliphatic rings. The van der Waals surface area contributed by atoms with Crippen LogP contribution < -0.4 is 0 Å². The zero-order valence-corrected chi connectivity index (χ0v) is 19.6. The van der Waals surface area contributed by atoms with Gasteiger partial charge in [-0.15, -0.1) is 10.2 Å². The standard InChI is InChI=1S/C21H18IN9O2/c1-12(22)30-9-6-15(27-30)19-25-26-20(33-19)21(32)29-8-5-14-17(24-11-23-14)18(29)16-10-13-4-2-3-7-31(13)28-16/h2-4,6-7,9-12,18H,5,8H2,1H3,(H,23,24)/t12?,18-/m1/s1. The molecule has 0 aromatic carbocycles. The van der Waals surface area contributed by atoms with E-state index in [2.05, 4.69) is 47.9 Å². The van der Waals surface area contributed by atoms with Gasteiger partial charge in [-0.1, -0.05) is 28.7 Å². The molecule has 0 spiro atoms. The second-order valence-electron chi connectivity index (χ2n) is 7.72. The first kappa shape index (κ1) is 20.1. The number of H-pyrrole nitrogens is 1. The molecule has 5 aromatic rings. The molecule has 5 aromatic heterocycles. The van der Waals surface area contributed by atoms with E-state index in [1.54, 1.807) is 26.5 Å². The SMILES string of the molecule is CC(I)n1ccc(-c2nnc(C(=O)N3CCc4[nH]cnc4[C@H]3c3cc4ccccn4n3)o2)n1. The van der Waals surface area contributed by atoms with E-state index in [0.717, 1.165) is 22.6 Å². The van der Waals surface area contributed by atoms with Gasteiger partial charge in [0, 0.05) is 31.1 Å². The van der Waals surface area contributed by atoms with Crippen LogP contribution in [-0.2, 0) is 6.42 Å². The van der Waals surface area contributed by atoms with E-state index >= 15 is 0 Å². The lowest BCUT2D eigenvalue weighted by Gasteiger charge is -2.32. The number of alkyl halides is 1. The number of pyridine rings is 1. The highest BCUT2D eigenvalue weighted by molar-refractivity contribution is 14.1. The highest BCUT2D eigenvalue weighted by atomic mass is 127. The first-order chi connectivity index (χ1) is 16.1. The van der Waals surface area contributed by atoms with Crippen molar-refractivity contribution in [3.63, 3.8) is 0 Å². The van der Waals surface area contributed by atoms with Crippen LogP contribution in [-0.4, -0.2) is 56.9 Å². The number of halogens is 1. The van der Waals surface area contributed by atoms with Crippen molar-refractivity contribution in [3.05, 3.63) is 72.0 Å².